The van der Waals surface area contributed by atoms with Gasteiger partial charge in [-0.25, -0.2) is 12.8 Å². The highest BCUT2D eigenvalue weighted by atomic mass is 35.5. The Balaban J connectivity index is 1.92. The summed E-state index contributed by atoms with van der Waals surface area (Å²) in [6.45, 7) is 4.79. The number of methoxy groups -OCH3 is 1. The van der Waals surface area contributed by atoms with Crippen molar-refractivity contribution in [3.8, 4) is 5.75 Å². The van der Waals surface area contributed by atoms with Crippen LogP contribution in [0.2, 0.25) is 5.02 Å². The van der Waals surface area contributed by atoms with Crippen molar-refractivity contribution in [3.63, 3.8) is 0 Å². The van der Waals surface area contributed by atoms with E-state index in [-0.39, 0.29) is 28.0 Å². The van der Waals surface area contributed by atoms with E-state index in [0.717, 1.165) is 18.6 Å². The number of piperidine rings is 1. The Bertz CT molecular complexity index is 1050. The number of carbonyl (C=O) groups excluding carboxylic acids is 1. The summed E-state index contributed by atoms with van der Waals surface area (Å²) in [6.07, 6.45) is 0.949. The van der Waals surface area contributed by atoms with E-state index >= 15 is 0 Å². The standard InChI is InChI=1S/C21H24ClFN2O4S/c1-13-8-14(2)12-25(11-13)30(27,28)16-5-6-18(23)17(10-16)21(26)24-19-9-15(22)4-7-20(19)29-3/h4-7,9-10,13-14H,8,11-12H2,1-3H3,(H,24,26)/t13-,14+. The normalized spacial score (nSPS) is 20.0. The van der Waals surface area contributed by atoms with Crippen LogP contribution in [-0.2, 0) is 10.0 Å². The Hall–Kier alpha value is -2.16. The highest BCUT2D eigenvalue weighted by Crippen LogP contribution is 2.30. The molecule has 0 bridgehead atoms. The lowest BCUT2D eigenvalue weighted by molar-refractivity contribution is 0.102. The average molecular weight is 455 g/mol. The summed E-state index contributed by atoms with van der Waals surface area (Å²) in [5.41, 5.74) is -0.127. The molecule has 1 fully saturated rings. The Morgan fingerprint density at radius 3 is 2.47 bits per heavy atom. The molecule has 162 valence electrons. The highest BCUT2D eigenvalue weighted by Gasteiger charge is 2.32. The van der Waals surface area contributed by atoms with Gasteiger partial charge in [-0.1, -0.05) is 25.4 Å². The maximum Gasteiger partial charge on any atom is 0.258 e. The fourth-order valence-electron chi connectivity index (χ4n) is 3.76. The van der Waals surface area contributed by atoms with Gasteiger partial charge in [0.05, 0.1) is 23.3 Å². The molecular formula is C21H24ClFN2O4S. The van der Waals surface area contributed by atoms with Crippen LogP contribution < -0.4 is 10.1 Å². The van der Waals surface area contributed by atoms with Gasteiger partial charge in [-0.15, -0.1) is 0 Å². The van der Waals surface area contributed by atoms with Gasteiger partial charge < -0.3 is 10.1 Å². The summed E-state index contributed by atoms with van der Waals surface area (Å²) in [5, 5.41) is 2.89. The molecule has 1 amide bonds. The first-order chi connectivity index (χ1) is 14.1. The molecule has 1 saturated heterocycles. The molecule has 2 aromatic rings. The number of hydrogen-bond acceptors (Lipinski definition) is 4. The van der Waals surface area contributed by atoms with E-state index in [0.29, 0.717) is 23.9 Å². The van der Waals surface area contributed by atoms with Crippen LogP contribution in [0, 0.1) is 17.7 Å². The number of halogens is 2. The first kappa shape index (κ1) is 22.5. The van der Waals surface area contributed by atoms with Crippen molar-refractivity contribution in [1.82, 2.24) is 4.31 Å². The largest absolute Gasteiger partial charge is 0.495 e. The van der Waals surface area contributed by atoms with E-state index in [1.165, 1.54) is 23.5 Å². The number of carbonyl (C=O) groups is 1. The molecule has 1 aliphatic rings. The summed E-state index contributed by atoms with van der Waals surface area (Å²) in [6, 6.07) is 7.87. The maximum absolute atomic E-state index is 14.4. The molecule has 1 N–H and O–H groups in total. The number of hydrogen-bond donors (Lipinski definition) is 1. The number of rotatable bonds is 5. The predicted octanol–water partition coefficient (Wildman–Crippen LogP) is 4.41. The van der Waals surface area contributed by atoms with Crippen LogP contribution in [0.1, 0.15) is 30.6 Å². The number of nitrogens with one attached hydrogen (secondary N) is 1. The van der Waals surface area contributed by atoms with Crippen molar-refractivity contribution in [2.24, 2.45) is 11.8 Å². The minimum atomic E-state index is -3.85. The van der Waals surface area contributed by atoms with Crippen molar-refractivity contribution in [1.29, 1.82) is 0 Å². The summed E-state index contributed by atoms with van der Waals surface area (Å²) >= 11 is 5.96. The highest BCUT2D eigenvalue weighted by molar-refractivity contribution is 7.89. The van der Waals surface area contributed by atoms with Gasteiger partial charge in [0.15, 0.2) is 0 Å². The van der Waals surface area contributed by atoms with Gasteiger partial charge in [0, 0.05) is 18.1 Å². The number of benzene rings is 2. The van der Waals surface area contributed by atoms with E-state index in [1.807, 2.05) is 13.8 Å². The van der Waals surface area contributed by atoms with E-state index in [4.69, 9.17) is 16.3 Å². The molecule has 9 heteroatoms. The Kier molecular flexibility index (Phi) is 6.69. The van der Waals surface area contributed by atoms with Gasteiger partial charge in [-0.3, -0.25) is 4.79 Å². The van der Waals surface area contributed by atoms with E-state index in [9.17, 15) is 17.6 Å². The van der Waals surface area contributed by atoms with Crippen molar-refractivity contribution >= 4 is 33.2 Å². The molecule has 2 aromatic carbocycles. The molecule has 0 unspecified atom stereocenters. The van der Waals surface area contributed by atoms with Gasteiger partial charge in [-0.2, -0.15) is 4.31 Å². The molecule has 0 spiro atoms. The second-order valence-corrected chi connectivity index (χ2v) is 10.1. The first-order valence-electron chi connectivity index (χ1n) is 9.56. The minimum absolute atomic E-state index is 0.117. The number of nitrogens with zero attached hydrogens (tertiary/aromatic N) is 1. The third-order valence-electron chi connectivity index (χ3n) is 5.07. The second kappa shape index (κ2) is 8.91. The SMILES string of the molecule is COc1ccc(Cl)cc1NC(=O)c1cc(S(=O)(=O)N2C[C@H](C)C[C@H](C)C2)ccc1F. The van der Waals surface area contributed by atoms with Crippen LogP contribution >= 0.6 is 11.6 Å². The van der Waals surface area contributed by atoms with Crippen LogP contribution in [0.15, 0.2) is 41.3 Å². The van der Waals surface area contributed by atoms with Crippen LogP contribution in [0.3, 0.4) is 0 Å². The Labute approximate surface area is 181 Å². The van der Waals surface area contributed by atoms with Crippen molar-refractivity contribution < 1.29 is 22.3 Å². The lowest BCUT2D eigenvalue weighted by Crippen LogP contribution is -2.42. The number of ether oxygens (including phenoxy) is 1. The number of sulfonamides is 1. The van der Waals surface area contributed by atoms with Crippen LogP contribution in [0.5, 0.6) is 5.75 Å². The molecule has 0 saturated carbocycles. The van der Waals surface area contributed by atoms with Crippen LogP contribution in [0.4, 0.5) is 10.1 Å². The van der Waals surface area contributed by atoms with Crippen molar-refractivity contribution in [2.75, 3.05) is 25.5 Å². The molecule has 0 aliphatic carbocycles. The molecule has 0 radical (unpaired) electrons. The smallest absolute Gasteiger partial charge is 0.258 e. The van der Waals surface area contributed by atoms with Crippen molar-refractivity contribution in [3.05, 3.63) is 52.8 Å². The molecular weight excluding hydrogens is 431 g/mol. The lowest BCUT2D eigenvalue weighted by Gasteiger charge is -2.34. The molecule has 1 heterocycles. The maximum atomic E-state index is 14.4. The van der Waals surface area contributed by atoms with Gasteiger partial charge >= 0.3 is 0 Å². The van der Waals surface area contributed by atoms with E-state index < -0.39 is 21.7 Å². The zero-order valence-electron chi connectivity index (χ0n) is 17.0. The zero-order chi connectivity index (χ0) is 22.1. The first-order valence-corrected chi connectivity index (χ1v) is 11.4. The number of amides is 1. The molecule has 2 atom stereocenters. The molecule has 1 aliphatic heterocycles. The predicted molar refractivity (Wildman–Crippen MR) is 114 cm³/mol. The molecule has 0 aromatic heterocycles. The summed E-state index contributed by atoms with van der Waals surface area (Å²) in [5.74, 6) is -0.837. The third kappa shape index (κ3) is 4.77. The summed E-state index contributed by atoms with van der Waals surface area (Å²) in [7, 11) is -2.43. The quantitative estimate of drug-likeness (QED) is 0.726. The lowest BCUT2D eigenvalue weighted by atomic mass is 9.94. The van der Waals surface area contributed by atoms with E-state index in [2.05, 4.69) is 5.32 Å². The zero-order valence-corrected chi connectivity index (χ0v) is 18.6. The molecule has 3 rings (SSSR count). The van der Waals surface area contributed by atoms with Gasteiger partial charge in [-0.05, 0) is 54.7 Å². The number of anilines is 1. The van der Waals surface area contributed by atoms with Crippen molar-refractivity contribution in [2.45, 2.75) is 25.2 Å². The summed E-state index contributed by atoms with van der Waals surface area (Å²) < 4.78 is 47.2. The van der Waals surface area contributed by atoms with E-state index in [1.54, 1.807) is 12.1 Å². The Morgan fingerprint density at radius 2 is 1.83 bits per heavy atom. The second-order valence-electron chi connectivity index (χ2n) is 7.71. The average Bonchev–Trinajstić information content (AvgIpc) is 2.67. The van der Waals surface area contributed by atoms with Crippen LogP contribution in [0.25, 0.3) is 0 Å². The molecule has 30 heavy (non-hydrogen) atoms. The fraction of sp³-hybridized carbons (Fsp3) is 0.381. The molecule has 6 nitrogen and oxygen atoms in total. The van der Waals surface area contributed by atoms with Gasteiger partial charge in [0.1, 0.15) is 11.6 Å². The monoisotopic (exact) mass is 454 g/mol. The summed E-state index contributed by atoms with van der Waals surface area (Å²) in [4.78, 5) is 12.6. The third-order valence-corrected chi connectivity index (χ3v) is 7.13. The minimum Gasteiger partial charge on any atom is -0.495 e. The fourth-order valence-corrected chi connectivity index (χ4v) is 5.64. The Morgan fingerprint density at radius 1 is 1.17 bits per heavy atom. The van der Waals surface area contributed by atoms with Gasteiger partial charge in [0.2, 0.25) is 10.0 Å². The topological polar surface area (TPSA) is 75.7 Å². The van der Waals surface area contributed by atoms with Gasteiger partial charge in [0.25, 0.3) is 5.91 Å². The van der Waals surface area contributed by atoms with Crippen LogP contribution in [-0.4, -0.2) is 38.8 Å².